The largest absolute Gasteiger partial charge is 0.325 e. The van der Waals surface area contributed by atoms with Crippen LogP contribution in [0, 0.1) is 6.92 Å². The molecule has 98 valence electrons. The number of tetrazole rings is 1. The second kappa shape index (κ2) is 4.80. The van der Waals surface area contributed by atoms with Gasteiger partial charge in [0.2, 0.25) is 10.0 Å². The molecule has 2 aromatic rings. The van der Waals surface area contributed by atoms with Crippen LogP contribution in [0.5, 0.6) is 0 Å². The normalized spacial score (nSPS) is 11.9. The van der Waals surface area contributed by atoms with Crippen molar-refractivity contribution < 1.29 is 8.42 Å². The molecule has 0 saturated heterocycles. The van der Waals surface area contributed by atoms with Gasteiger partial charge >= 0.3 is 0 Å². The summed E-state index contributed by atoms with van der Waals surface area (Å²) in [5.74, 6) is 0.244. The van der Waals surface area contributed by atoms with Gasteiger partial charge in [0.15, 0.2) is 5.82 Å². The van der Waals surface area contributed by atoms with Crippen LogP contribution in [-0.2, 0) is 23.1 Å². The highest BCUT2D eigenvalue weighted by molar-refractivity contribution is 7.89. The Balaban J connectivity index is 2.22. The van der Waals surface area contributed by atoms with Crippen molar-refractivity contribution in [2.75, 3.05) is 0 Å². The second-order valence-corrected chi connectivity index (χ2v) is 5.18. The van der Waals surface area contributed by atoms with Crippen LogP contribution in [-0.4, -0.2) is 39.2 Å². The Morgan fingerprint density at radius 3 is 2.78 bits per heavy atom. The van der Waals surface area contributed by atoms with Gasteiger partial charge < -0.3 is 5.73 Å². The molecule has 2 aromatic heterocycles. The third kappa shape index (κ3) is 2.37. The van der Waals surface area contributed by atoms with E-state index in [0.29, 0.717) is 5.69 Å². The van der Waals surface area contributed by atoms with Gasteiger partial charge in [0.1, 0.15) is 4.90 Å². The van der Waals surface area contributed by atoms with Crippen molar-refractivity contribution in [3.63, 3.8) is 0 Å². The van der Waals surface area contributed by atoms with E-state index in [-0.39, 0.29) is 29.5 Å². The zero-order chi connectivity index (χ0) is 13.2. The van der Waals surface area contributed by atoms with Crippen LogP contribution in [0.25, 0.3) is 0 Å². The van der Waals surface area contributed by atoms with Crippen LogP contribution in [0.15, 0.2) is 4.90 Å². The number of aryl methyl sites for hydroxylation is 1. The topological polar surface area (TPSA) is 155 Å². The summed E-state index contributed by atoms with van der Waals surface area (Å²) in [6.07, 6.45) is 0. The number of H-pyrrole nitrogens is 2. The molecule has 2 heterocycles. The fourth-order valence-corrected chi connectivity index (χ4v) is 2.80. The lowest BCUT2D eigenvalue weighted by Gasteiger charge is -2.05. The highest BCUT2D eigenvalue weighted by Gasteiger charge is 2.23. The Labute approximate surface area is 102 Å². The van der Waals surface area contributed by atoms with Gasteiger partial charge in [-0.15, -0.1) is 10.2 Å². The van der Waals surface area contributed by atoms with Crippen LogP contribution in [0.4, 0.5) is 0 Å². The van der Waals surface area contributed by atoms with Crippen molar-refractivity contribution in [1.29, 1.82) is 0 Å². The lowest BCUT2D eigenvalue weighted by atomic mass is 10.4. The number of rotatable bonds is 5. The van der Waals surface area contributed by atoms with E-state index < -0.39 is 10.0 Å². The molecule has 0 radical (unpaired) electrons. The van der Waals surface area contributed by atoms with Gasteiger partial charge in [-0.1, -0.05) is 5.21 Å². The molecule has 10 nitrogen and oxygen atoms in total. The number of nitrogens with zero attached hydrogens (tertiary/aromatic N) is 4. The van der Waals surface area contributed by atoms with Gasteiger partial charge in [-0.3, -0.25) is 5.10 Å². The van der Waals surface area contributed by atoms with E-state index in [0.717, 1.165) is 0 Å². The summed E-state index contributed by atoms with van der Waals surface area (Å²) in [7, 11) is -3.71. The van der Waals surface area contributed by atoms with E-state index in [1.54, 1.807) is 6.92 Å². The average molecular weight is 272 g/mol. The number of nitrogens with two attached hydrogens (primary N) is 1. The van der Waals surface area contributed by atoms with Crippen molar-refractivity contribution in [2.45, 2.75) is 24.9 Å². The maximum atomic E-state index is 12.1. The van der Waals surface area contributed by atoms with Crippen LogP contribution in [0.2, 0.25) is 0 Å². The number of aromatic nitrogens is 6. The van der Waals surface area contributed by atoms with E-state index in [1.165, 1.54) is 0 Å². The van der Waals surface area contributed by atoms with Crippen LogP contribution in [0.1, 0.15) is 17.2 Å². The predicted octanol–water partition coefficient (Wildman–Crippen LogP) is -1.83. The summed E-state index contributed by atoms with van der Waals surface area (Å²) < 4.78 is 26.5. The Hall–Kier alpha value is -1.85. The molecule has 0 aromatic carbocycles. The zero-order valence-corrected chi connectivity index (χ0v) is 10.3. The highest BCUT2D eigenvalue weighted by Crippen LogP contribution is 2.16. The van der Waals surface area contributed by atoms with Gasteiger partial charge in [0.25, 0.3) is 0 Å². The molecule has 0 aliphatic heterocycles. The van der Waals surface area contributed by atoms with Crippen molar-refractivity contribution in [2.24, 2.45) is 5.73 Å². The molecule has 5 N–H and O–H groups in total. The summed E-state index contributed by atoms with van der Waals surface area (Å²) >= 11 is 0. The number of nitrogens with one attached hydrogen (secondary N) is 3. The highest BCUT2D eigenvalue weighted by atomic mass is 32.2. The number of hydrogen-bond acceptors (Lipinski definition) is 7. The first-order valence-corrected chi connectivity index (χ1v) is 6.49. The third-order valence-corrected chi connectivity index (χ3v) is 3.84. The van der Waals surface area contributed by atoms with E-state index in [4.69, 9.17) is 5.73 Å². The molecule has 0 aliphatic rings. The first-order valence-electron chi connectivity index (χ1n) is 5.00. The SMILES string of the molecule is Cc1[nH]nc(CN)c1S(=O)(=O)NCc1nn[nH]n1. The molecule has 2 rings (SSSR count). The molecular formula is C7H12N8O2S. The standard InChI is InChI=1S/C7H12N8O2S/c1-4-7(5(2-8)11-10-4)18(16,17)9-3-6-12-14-15-13-6/h9H,2-3,8H2,1H3,(H,10,11)(H,12,13,14,15). The van der Waals surface area contributed by atoms with Gasteiger partial charge in [-0.05, 0) is 6.92 Å². The lowest BCUT2D eigenvalue weighted by molar-refractivity contribution is 0.577. The quantitative estimate of drug-likeness (QED) is 0.498. The van der Waals surface area contributed by atoms with Crippen molar-refractivity contribution in [3.05, 3.63) is 17.2 Å². The van der Waals surface area contributed by atoms with E-state index in [1.807, 2.05) is 0 Å². The average Bonchev–Trinajstić information content (AvgIpc) is 2.95. The monoisotopic (exact) mass is 272 g/mol. The van der Waals surface area contributed by atoms with Gasteiger partial charge in [0.05, 0.1) is 17.9 Å². The third-order valence-electron chi connectivity index (χ3n) is 2.23. The Kier molecular flexibility index (Phi) is 3.36. The van der Waals surface area contributed by atoms with Crippen molar-refractivity contribution in [3.8, 4) is 0 Å². The minimum absolute atomic E-state index is 0.0305. The molecule has 0 aliphatic carbocycles. The molecule has 0 amide bonds. The molecule has 0 fully saturated rings. The molecule has 0 bridgehead atoms. The van der Waals surface area contributed by atoms with Gasteiger partial charge in [-0.25, -0.2) is 13.1 Å². The first kappa shape index (κ1) is 12.6. The van der Waals surface area contributed by atoms with Crippen LogP contribution >= 0.6 is 0 Å². The molecule has 11 heteroatoms. The lowest BCUT2D eigenvalue weighted by Crippen LogP contribution is -2.25. The maximum Gasteiger partial charge on any atom is 0.244 e. The summed E-state index contributed by atoms with van der Waals surface area (Å²) in [6.45, 7) is 1.57. The molecule has 0 spiro atoms. The minimum atomic E-state index is -3.71. The maximum absolute atomic E-state index is 12.1. The van der Waals surface area contributed by atoms with E-state index in [2.05, 4.69) is 35.5 Å². The molecule has 0 atom stereocenters. The number of sulfonamides is 1. The summed E-state index contributed by atoms with van der Waals surface area (Å²) in [5, 5.41) is 19.3. The molecule has 0 saturated carbocycles. The fraction of sp³-hybridized carbons (Fsp3) is 0.429. The molecular weight excluding hydrogens is 260 g/mol. The summed E-state index contributed by atoms with van der Waals surface area (Å²) in [5.41, 5.74) is 6.15. The fourth-order valence-electron chi connectivity index (χ4n) is 1.45. The molecule has 18 heavy (non-hydrogen) atoms. The zero-order valence-electron chi connectivity index (χ0n) is 9.51. The summed E-state index contributed by atoms with van der Waals surface area (Å²) in [4.78, 5) is 0.0634. The minimum Gasteiger partial charge on any atom is -0.325 e. The molecule has 0 unspecified atom stereocenters. The number of hydrogen-bond donors (Lipinski definition) is 4. The Morgan fingerprint density at radius 2 is 2.17 bits per heavy atom. The first-order chi connectivity index (χ1) is 8.54. The number of aromatic amines is 2. The van der Waals surface area contributed by atoms with E-state index >= 15 is 0 Å². The van der Waals surface area contributed by atoms with Gasteiger partial charge in [0, 0.05) is 6.54 Å². The van der Waals surface area contributed by atoms with E-state index in [9.17, 15) is 8.42 Å². The van der Waals surface area contributed by atoms with Crippen LogP contribution < -0.4 is 10.5 Å². The summed E-state index contributed by atoms with van der Waals surface area (Å²) in [6, 6.07) is 0. The predicted molar refractivity (Wildman–Crippen MR) is 59.4 cm³/mol. The second-order valence-electron chi connectivity index (χ2n) is 3.48. The smallest absolute Gasteiger partial charge is 0.244 e. The van der Waals surface area contributed by atoms with Crippen LogP contribution in [0.3, 0.4) is 0 Å². The van der Waals surface area contributed by atoms with Crippen molar-refractivity contribution in [1.82, 2.24) is 35.5 Å². The Bertz CT molecular complexity index is 616. The van der Waals surface area contributed by atoms with Gasteiger partial charge in [-0.2, -0.15) is 10.3 Å². The Morgan fingerprint density at radius 1 is 1.39 bits per heavy atom. The van der Waals surface area contributed by atoms with Crippen molar-refractivity contribution >= 4 is 10.0 Å².